The third-order valence-corrected chi connectivity index (χ3v) is 2.71. The second kappa shape index (κ2) is 4.99. The van der Waals surface area contributed by atoms with Crippen LogP contribution in [-0.4, -0.2) is 47.4 Å². The van der Waals surface area contributed by atoms with Gasteiger partial charge in [0.15, 0.2) is 5.11 Å². The number of likely N-dealkylation sites (tertiary alicyclic amines) is 1. The maximum absolute atomic E-state index is 10.4. The summed E-state index contributed by atoms with van der Waals surface area (Å²) in [4.78, 5) is 12.4. The molecule has 0 saturated carbocycles. The van der Waals surface area contributed by atoms with Crippen molar-refractivity contribution in [2.75, 3.05) is 20.1 Å². The Hall–Kier alpha value is -1.04. The molecule has 14 heavy (non-hydrogen) atoms. The van der Waals surface area contributed by atoms with Gasteiger partial charge in [0.25, 0.3) is 0 Å². The van der Waals surface area contributed by atoms with Gasteiger partial charge in [-0.05, 0) is 25.1 Å². The molecular weight excluding hydrogens is 202 g/mol. The fraction of sp³-hybridized carbons (Fsp3) is 0.750. The van der Waals surface area contributed by atoms with Gasteiger partial charge in [-0.15, -0.1) is 0 Å². The average Bonchev–Trinajstić information content (AvgIpc) is 2.16. The van der Waals surface area contributed by atoms with E-state index >= 15 is 0 Å². The summed E-state index contributed by atoms with van der Waals surface area (Å²) in [6, 6.07) is -0.00690. The summed E-state index contributed by atoms with van der Waals surface area (Å²) < 4.78 is 0. The van der Waals surface area contributed by atoms with Crippen molar-refractivity contribution in [2.45, 2.75) is 18.9 Å². The summed E-state index contributed by atoms with van der Waals surface area (Å²) >= 11 is 5.08. The Morgan fingerprint density at radius 3 is 2.93 bits per heavy atom. The van der Waals surface area contributed by atoms with E-state index in [1.807, 2.05) is 4.90 Å². The Balaban J connectivity index is 2.43. The van der Waals surface area contributed by atoms with Crippen LogP contribution in [0.15, 0.2) is 0 Å². The van der Waals surface area contributed by atoms with E-state index in [0.717, 1.165) is 19.4 Å². The van der Waals surface area contributed by atoms with E-state index in [1.54, 1.807) is 7.05 Å². The molecule has 1 aliphatic rings. The second-order valence-corrected chi connectivity index (χ2v) is 3.68. The molecule has 0 bridgehead atoms. The van der Waals surface area contributed by atoms with E-state index in [0.29, 0.717) is 11.7 Å². The average molecular weight is 217 g/mol. The number of piperidine rings is 1. The second-order valence-electron chi connectivity index (χ2n) is 3.29. The third kappa shape index (κ3) is 3.02. The maximum atomic E-state index is 10.4. The minimum atomic E-state index is -0.966. The zero-order valence-electron chi connectivity index (χ0n) is 8.12. The van der Waals surface area contributed by atoms with Crippen LogP contribution in [0.4, 0.5) is 4.79 Å². The molecule has 0 aromatic rings. The number of nitrogens with one attached hydrogen (secondary N) is 2. The third-order valence-electron chi connectivity index (χ3n) is 2.25. The number of carbonyl (C=O) groups is 1. The van der Waals surface area contributed by atoms with Crippen LogP contribution in [0.1, 0.15) is 12.8 Å². The van der Waals surface area contributed by atoms with Crippen molar-refractivity contribution < 1.29 is 9.90 Å². The molecule has 0 aromatic heterocycles. The van der Waals surface area contributed by atoms with Gasteiger partial charge in [-0.1, -0.05) is 0 Å². The van der Waals surface area contributed by atoms with Crippen LogP contribution in [0.5, 0.6) is 0 Å². The number of amides is 1. The standard InChI is InChI=1S/C8H15N3O2S/c1-9-7(14)11-4-2-3-6(5-11)10-8(12)13/h6,10H,2-5H2,1H3,(H,9,14)(H,12,13). The van der Waals surface area contributed by atoms with Crippen molar-refractivity contribution in [2.24, 2.45) is 0 Å². The molecule has 1 atom stereocenters. The largest absolute Gasteiger partial charge is 0.465 e. The van der Waals surface area contributed by atoms with Crippen LogP contribution in [0.25, 0.3) is 0 Å². The summed E-state index contributed by atoms with van der Waals surface area (Å²) in [5.74, 6) is 0. The number of nitrogens with zero attached hydrogens (tertiary/aromatic N) is 1. The molecule has 1 saturated heterocycles. The van der Waals surface area contributed by atoms with Gasteiger partial charge in [0, 0.05) is 26.2 Å². The lowest BCUT2D eigenvalue weighted by atomic mass is 10.1. The van der Waals surface area contributed by atoms with Gasteiger partial charge < -0.3 is 20.6 Å². The molecule has 1 heterocycles. The highest BCUT2D eigenvalue weighted by Gasteiger charge is 2.21. The van der Waals surface area contributed by atoms with Crippen LogP contribution >= 0.6 is 12.2 Å². The molecule has 0 aromatic carbocycles. The Morgan fingerprint density at radius 1 is 1.64 bits per heavy atom. The summed E-state index contributed by atoms with van der Waals surface area (Å²) in [7, 11) is 1.77. The number of hydrogen-bond donors (Lipinski definition) is 3. The zero-order valence-corrected chi connectivity index (χ0v) is 8.93. The van der Waals surface area contributed by atoms with Crippen LogP contribution in [0, 0.1) is 0 Å². The fourth-order valence-corrected chi connectivity index (χ4v) is 1.78. The molecule has 1 unspecified atom stereocenters. The molecule has 1 fully saturated rings. The Morgan fingerprint density at radius 2 is 2.36 bits per heavy atom. The first kappa shape index (κ1) is 11.0. The summed E-state index contributed by atoms with van der Waals surface area (Å²) in [5, 5.41) is 14.6. The lowest BCUT2D eigenvalue weighted by molar-refractivity contribution is 0.180. The molecule has 0 spiro atoms. The van der Waals surface area contributed by atoms with E-state index in [4.69, 9.17) is 17.3 Å². The lowest BCUT2D eigenvalue weighted by Gasteiger charge is -2.33. The first-order chi connectivity index (χ1) is 6.63. The summed E-state index contributed by atoms with van der Waals surface area (Å²) in [6.45, 7) is 1.56. The first-order valence-electron chi connectivity index (χ1n) is 4.59. The number of carboxylic acid groups (broad SMARTS) is 1. The number of rotatable bonds is 1. The van der Waals surface area contributed by atoms with Crippen LogP contribution in [0.3, 0.4) is 0 Å². The van der Waals surface area contributed by atoms with Gasteiger partial charge in [-0.25, -0.2) is 4.79 Å². The minimum Gasteiger partial charge on any atom is -0.465 e. The molecule has 1 amide bonds. The quantitative estimate of drug-likeness (QED) is 0.548. The number of thiocarbonyl (C=S) groups is 1. The summed E-state index contributed by atoms with van der Waals surface area (Å²) in [6.07, 6.45) is 0.884. The van der Waals surface area contributed by atoms with Crippen LogP contribution in [-0.2, 0) is 0 Å². The van der Waals surface area contributed by atoms with Crippen LogP contribution in [0.2, 0.25) is 0 Å². The van der Waals surface area contributed by atoms with E-state index in [9.17, 15) is 4.79 Å². The molecular formula is C8H15N3O2S. The van der Waals surface area contributed by atoms with Crippen molar-refractivity contribution in [3.05, 3.63) is 0 Å². The van der Waals surface area contributed by atoms with Crippen molar-refractivity contribution >= 4 is 23.4 Å². The summed E-state index contributed by atoms with van der Waals surface area (Å²) in [5.41, 5.74) is 0. The van der Waals surface area contributed by atoms with Gasteiger partial charge in [0.2, 0.25) is 0 Å². The molecule has 6 heteroatoms. The molecule has 0 aliphatic carbocycles. The Kier molecular flexibility index (Phi) is 3.94. The highest BCUT2D eigenvalue weighted by atomic mass is 32.1. The Labute approximate surface area is 88.5 Å². The van der Waals surface area contributed by atoms with Gasteiger partial charge in [-0.3, -0.25) is 0 Å². The molecule has 3 N–H and O–H groups in total. The van der Waals surface area contributed by atoms with Crippen molar-refractivity contribution in [3.8, 4) is 0 Å². The van der Waals surface area contributed by atoms with Crippen molar-refractivity contribution in [1.82, 2.24) is 15.5 Å². The van der Waals surface area contributed by atoms with Gasteiger partial charge >= 0.3 is 6.09 Å². The van der Waals surface area contributed by atoms with Crippen molar-refractivity contribution in [3.63, 3.8) is 0 Å². The molecule has 80 valence electrons. The van der Waals surface area contributed by atoms with Crippen molar-refractivity contribution in [1.29, 1.82) is 0 Å². The predicted molar refractivity (Wildman–Crippen MR) is 57.4 cm³/mol. The molecule has 1 rings (SSSR count). The maximum Gasteiger partial charge on any atom is 0.404 e. The highest BCUT2D eigenvalue weighted by molar-refractivity contribution is 7.80. The minimum absolute atomic E-state index is 0.00690. The van der Waals surface area contributed by atoms with Crippen LogP contribution < -0.4 is 10.6 Å². The van der Waals surface area contributed by atoms with E-state index in [1.165, 1.54) is 0 Å². The molecule has 5 nitrogen and oxygen atoms in total. The zero-order chi connectivity index (χ0) is 10.6. The Bertz CT molecular complexity index is 235. The van der Waals surface area contributed by atoms with E-state index in [-0.39, 0.29) is 6.04 Å². The smallest absolute Gasteiger partial charge is 0.404 e. The molecule has 1 aliphatic heterocycles. The topological polar surface area (TPSA) is 64.6 Å². The van der Waals surface area contributed by atoms with E-state index < -0.39 is 6.09 Å². The van der Waals surface area contributed by atoms with Gasteiger partial charge in [0.05, 0.1) is 0 Å². The molecule has 0 radical (unpaired) electrons. The SMILES string of the molecule is CNC(=S)N1CCCC(NC(=O)O)C1. The van der Waals surface area contributed by atoms with Gasteiger partial charge in [0.1, 0.15) is 0 Å². The first-order valence-corrected chi connectivity index (χ1v) is 5.00. The monoisotopic (exact) mass is 217 g/mol. The van der Waals surface area contributed by atoms with E-state index in [2.05, 4.69) is 10.6 Å². The lowest BCUT2D eigenvalue weighted by Crippen LogP contribution is -2.51. The highest BCUT2D eigenvalue weighted by Crippen LogP contribution is 2.09. The predicted octanol–water partition coefficient (Wildman–Crippen LogP) is 0.223. The fourth-order valence-electron chi connectivity index (χ4n) is 1.61. The number of hydrogen-bond acceptors (Lipinski definition) is 2. The van der Waals surface area contributed by atoms with Gasteiger partial charge in [-0.2, -0.15) is 0 Å². The normalized spacial score (nSPS) is 21.5.